The summed E-state index contributed by atoms with van der Waals surface area (Å²) in [5.41, 5.74) is 0.280. The van der Waals surface area contributed by atoms with Crippen molar-refractivity contribution in [3.8, 4) is 28.0 Å². The highest BCUT2D eigenvalue weighted by Crippen LogP contribution is 2.41. The number of benzene rings is 2. The van der Waals surface area contributed by atoms with Gasteiger partial charge in [-0.1, -0.05) is 31.0 Å². The number of aromatic amines is 1. The molecule has 1 unspecified atom stereocenters. The van der Waals surface area contributed by atoms with Crippen LogP contribution in [0.3, 0.4) is 0 Å². The number of carbonyl (C=O) groups excluding carboxylic acids is 1. The number of nitrogens with one attached hydrogen (secondary N) is 1. The van der Waals surface area contributed by atoms with Crippen LogP contribution >= 0.6 is 0 Å². The number of nitrogens with zero attached hydrogens (tertiary/aromatic N) is 4. The largest absolute Gasteiger partial charge is 0.507 e. The fourth-order valence-electron chi connectivity index (χ4n) is 6.25. The zero-order chi connectivity index (χ0) is 35.9. The third-order valence-corrected chi connectivity index (χ3v) is 9.55. The van der Waals surface area contributed by atoms with Crippen molar-refractivity contribution in [2.24, 2.45) is 0 Å². The molecule has 2 aromatic carbocycles. The summed E-state index contributed by atoms with van der Waals surface area (Å²) >= 11 is 0. The molecule has 0 radical (unpaired) electrons. The van der Waals surface area contributed by atoms with Crippen LogP contribution in [0.5, 0.6) is 5.75 Å². The summed E-state index contributed by atoms with van der Waals surface area (Å²) in [5.74, 6) is -5.92. The van der Waals surface area contributed by atoms with Gasteiger partial charge in [-0.2, -0.15) is 4.41 Å². The van der Waals surface area contributed by atoms with E-state index in [1.54, 1.807) is 25.1 Å². The number of ketones is 1. The summed E-state index contributed by atoms with van der Waals surface area (Å²) < 4.78 is 75.3. The number of carbonyl (C=O) groups is 2. The number of alkyl halides is 1. The lowest BCUT2D eigenvalue weighted by Gasteiger charge is -2.28. The predicted octanol–water partition coefficient (Wildman–Crippen LogP) is 6.06. The number of carboxylic acid groups (broad SMARTS) is 1. The molecular formula is C34H32F3N5O7S. The van der Waals surface area contributed by atoms with E-state index in [2.05, 4.69) is 15.1 Å². The first kappa shape index (κ1) is 34.6. The molecule has 262 valence electrons. The monoisotopic (exact) mass is 711 g/mol. The molecule has 50 heavy (non-hydrogen) atoms. The Morgan fingerprint density at radius 1 is 1.18 bits per heavy atom. The van der Waals surface area contributed by atoms with E-state index in [-0.39, 0.29) is 53.2 Å². The molecule has 0 spiro atoms. The maximum absolute atomic E-state index is 15.9. The first-order chi connectivity index (χ1) is 23.9. The Morgan fingerprint density at radius 3 is 2.64 bits per heavy atom. The maximum Gasteiger partial charge on any atom is 0.314 e. The minimum atomic E-state index is -3.52. The highest BCUT2D eigenvalue weighted by atomic mass is 32.2. The Morgan fingerprint density at radius 2 is 1.96 bits per heavy atom. The summed E-state index contributed by atoms with van der Waals surface area (Å²) in [4.78, 5) is 33.1. The molecule has 0 saturated carbocycles. The molecule has 0 amide bonds. The Bertz CT molecular complexity index is 2190. The van der Waals surface area contributed by atoms with E-state index in [1.807, 2.05) is 6.92 Å². The Kier molecular flexibility index (Phi) is 9.67. The molecule has 12 nitrogen and oxygen atoms in total. The van der Waals surface area contributed by atoms with Crippen molar-refractivity contribution < 1.29 is 45.9 Å². The SMILES string of the molecule is CCCCC(C(=O)O)c1onc(C)c1-c1cc(-c2cnc3[nH]cc(C(=O)c4c(F)ccc(N(N5CC[C@@H](F)C5)[SH](=O)=O)c4F)c3c2)ccc1O. The standard InChI is InChI=1S/C34H32F3N5O7S/c1-3-4-5-21(34(45)46)32-28(17(2)40-49-32)23-12-18(6-9-27(23)43)19-13-22-24(15-39-33(22)38-14-19)31(44)29-25(36)7-8-26(30(29)37)42(50(47)48)41-11-10-20(35)16-41/h6-9,12-15,20-21,43,50H,3-5,10-11,16H2,1-2H3,(H,38,39)(H,45,46)/t20-,21?/m1/s1. The number of H-pyrrole nitrogens is 1. The number of anilines is 1. The van der Waals surface area contributed by atoms with Crippen LogP contribution in [-0.2, 0) is 15.7 Å². The van der Waals surface area contributed by atoms with Gasteiger partial charge in [0.2, 0.25) is 16.7 Å². The normalized spacial score (nSPS) is 15.6. The molecule has 0 bridgehead atoms. The lowest BCUT2D eigenvalue weighted by molar-refractivity contribution is -0.139. The van der Waals surface area contributed by atoms with E-state index < -0.39 is 57.6 Å². The molecule has 3 aromatic heterocycles. The van der Waals surface area contributed by atoms with E-state index in [0.717, 1.165) is 23.6 Å². The van der Waals surface area contributed by atoms with Gasteiger partial charge in [0.25, 0.3) is 0 Å². The van der Waals surface area contributed by atoms with Crippen LogP contribution in [0.4, 0.5) is 18.9 Å². The lowest BCUT2D eigenvalue weighted by atomic mass is 9.91. The van der Waals surface area contributed by atoms with Crippen molar-refractivity contribution in [3.05, 3.63) is 83.0 Å². The van der Waals surface area contributed by atoms with Gasteiger partial charge in [0, 0.05) is 41.0 Å². The number of phenolic OH excluding ortho intramolecular Hbond substituents is 1. The molecule has 2 atom stereocenters. The van der Waals surface area contributed by atoms with Gasteiger partial charge in [0.1, 0.15) is 35.0 Å². The van der Waals surface area contributed by atoms with Gasteiger partial charge in [-0.25, -0.2) is 31.6 Å². The highest BCUT2D eigenvalue weighted by Gasteiger charge is 2.34. The van der Waals surface area contributed by atoms with Crippen LogP contribution < -0.4 is 4.41 Å². The van der Waals surface area contributed by atoms with Gasteiger partial charge in [-0.3, -0.25) is 9.59 Å². The summed E-state index contributed by atoms with van der Waals surface area (Å²) in [5, 5.41) is 26.1. The van der Waals surface area contributed by atoms with Gasteiger partial charge in [-0.15, -0.1) is 0 Å². The topological polar surface area (TPSA) is 170 Å². The molecule has 5 aromatic rings. The average molecular weight is 712 g/mol. The van der Waals surface area contributed by atoms with E-state index >= 15 is 8.78 Å². The van der Waals surface area contributed by atoms with Crippen LogP contribution in [0.25, 0.3) is 33.3 Å². The molecule has 1 fully saturated rings. The minimum Gasteiger partial charge on any atom is -0.507 e. The zero-order valence-corrected chi connectivity index (χ0v) is 27.7. The lowest BCUT2D eigenvalue weighted by Crippen LogP contribution is -2.41. The molecule has 16 heteroatoms. The van der Waals surface area contributed by atoms with Gasteiger partial charge < -0.3 is 19.7 Å². The number of carboxylic acids is 1. The fourth-order valence-corrected chi connectivity index (χ4v) is 6.95. The Labute approximate surface area is 285 Å². The smallest absolute Gasteiger partial charge is 0.314 e. The Hall–Kier alpha value is -5.22. The van der Waals surface area contributed by atoms with Crippen molar-refractivity contribution in [3.63, 3.8) is 0 Å². The summed E-state index contributed by atoms with van der Waals surface area (Å²) in [6, 6.07) is 7.78. The number of rotatable bonds is 12. The van der Waals surface area contributed by atoms with E-state index in [0.29, 0.717) is 39.6 Å². The quantitative estimate of drug-likeness (QED) is 0.0882. The number of aromatic nitrogens is 3. The van der Waals surface area contributed by atoms with Crippen LogP contribution in [-0.4, -0.2) is 69.8 Å². The van der Waals surface area contributed by atoms with Crippen LogP contribution in [0.15, 0.2) is 53.3 Å². The maximum atomic E-state index is 15.9. The van der Waals surface area contributed by atoms with Gasteiger partial charge >= 0.3 is 5.97 Å². The molecule has 0 aliphatic carbocycles. The highest BCUT2D eigenvalue weighted by molar-refractivity contribution is 7.73. The van der Waals surface area contributed by atoms with Crippen LogP contribution in [0.2, 0.25) is 0 Å². The van der Waals surface area contributed by atoms with Crippen molar-refractivity contribution in [1.29, 1.82) is 0 Å². The van der Waals surface area contributed by atoms with Crippen molar-refractivity contribution >= 4 is 39.4 Å². The summed E-state index contributed by atoms with van der Waals surface area (Å²) in [7, 11) is -3.52. The second kappa shape index (κ2) is 14.0. The van der Waals surface area contributed by atoms with E-state index in [4.69, 9.17) is 4.52 Å². The number of phenols is 1. The average Bonchev–Trinajstić information content (AvgIpc) is 3.80. The zero-order valence-electron chi connectivity index (χ0n) is 26.8. The molecular weight excluding hydrogens is 679 g/mol. The van der Waals surface area contributed by atoms with Gasteiger partial charge in [0.15, 0.2) is 11.6 Å². The number of hydrogen-bond acceptors (Lipinski definition) is 9. The van der Waals surface area contributed by atoms with Crippen LogP contribution in [0.1, 0.15) is 65.9 Å². The number of hydrazine groups is 1. The van der Waals surface area contributed by atoms with Gasteiger partial charge in [0.05, 0.1) is 23.4 Å². The third-order valence-electron chi connectivity index (χ3n) is 8.77. The van der Waals surface area contributed by atoms with Crippen molar-refractivity contribution in [1.82, 2.24) is 20.1 Å². The molecule has 3 N–H and O–H groups in total. The van der Waals surface area contributed by atoms with Crippen molar-refractivity contribution in [2.45, 2.75) is 51.6 Å². The van der Waals surface area contributed by atoms with E-state index in [9.17, 15) is 32.6 Å². The number of fused-ring (bicyclic) bond motifs is 1. The first-order valence-electron chi connectivity index (χ1n) is 15.8. The molecule has 4 heterocycles. The number of aryl methyl sites for hydroxylation is 1. The van der Waals surface area contributed by atoms with Crippen LogP contribution in [0, 0.1) is 18.6 Å². The number of thiol groups is 1. The predicted molar refractivity (Wildman–Crippen MR) is 177 cm³/mol. The number of hydrogen-bond donors (Lipinski definition) is 4. The van der Waals surface area contributed by atoms with Crippen molar-refractivity contribution in [2.75, 3.05) is 17.5 Å². The number of pyridine rings is 1. The van der Waals surface area contributed by atoms with E-state index in [1.165, 1.54) is 18.5 Å². The second-order valence-corrected chi connectivity index (χ2v) is 12.9. The Balaban J connectivity index is 1.40. The minimum absolute atomic E-state index is 0.0169. The fraction of sp³-hybridized carbons (Fsp3) is 0.294. The molecule has 6 rings (SSSR count). The number of halogens is 3. The number of unbranched alkanes of at least 4 members (excludes halogenated alkanes) is 1. The third kappa shape index (κ3) is 6.31. The number of aromatic hydroxyl groups is 1. The first-order valence-corrected chi connectivity index (χ1v) is 16.9. The molecule has 1 aliphatic heterocycles. The van der Waals surface area contributed by atoms with Gasteiger partial charge in [-0.05, 0) is 55.7 Å². The number of aliphatic carboxylic acids is 1. The second-order valence-electron chi connectivity index (χ2n) is 12.0. The summed E-state index contributed by atoms with van der Waals surface area (Å²) in [6.07, 6.45) is 3.06. The molecule has 1 aliphatic rings. The summed E-state index contributed by atoms with van der Waals surface area (Å²) in [6.45, 7) is 3.21. The molecule has 1 saturated heterocycles.